The van der Waals surface area contributed by atoms with E-state index in [1.165, 1.54) is 0 Å². The molecule has 0 fully saturated rings. The Bertz CT molecular complexity index is 1440. The Morgan fingerprint density at radius 1 is 0.545 bits per heavy atom. The van der Waals surface area contributed by atoms with E-state index in [2.05, 4.69) is 22.1 Å². The van der Waals surface area contributed by atoms with Crippen LogP contribution in [0.1, 0.15) is 11.1 Å². The first-order valence-electron chi connectivity index (χ1n) is 10.6. The molecule has 0 spiro atoms. The maximum Gasteiger partial charge on any atom is 3.00 e. The van der Waals surface area contributed by atoms with Crippen molar-refractivity contribution in [3.63, 3.8) is 0 Å². The van der Waals surface area contributed by atoms with Gasteiger partial charge in [0.15, 0.2) is 0 Å². The monoisotopic (exact) mass is 854 g/mol. The van der Waals surface area contributed by atoms with Crippen molar-refractivity contribution in [3.05, 3.63) is 107 Å². The molecule has 0 unspecified atom stereocenters. The second kappa shape index (κ2) is 13.0. The van der Waals surface area contributed by atoms with Gasteiger partial charge in [-0.1, -0.05) is 47.5 Å². The van der Waals surface area contributed by atoms with Gasteiger partial charge in [0.05, 0.1) is 11.1 Å². The first-order valence-corrected chi connectivity index (χ1v) is 12.6. The molecule has 4 aromatic rings. The molecule has 242 valence electrons. The van der Waals surface area contributed by atoms with E-state index in [0.29, 0.717) is 24.5 Å². The summed E-state index contributed by atoms with van der Waals surface area (Å²) in [7, 11) is -10.7. The molecule has 2 aromatic heterocycles. The van der Waals surface area contributed by atoms with Crippen molar-refractivity contribution in [2.75, 3.05) is 0 Å². The normalized spacial score (nSPS) is 13.2. The number of aromatic nitrogens is 2. The smallest absolute Gasteiger partial charge is 0.304 e. The van der Waals surface area contributed by atoms with Crippen molar-refractivity contribution in [2.24, 2.45) is 0 Å². The summed E-state index contributed by atoms with van der Waals surface area (Å²) in [6.07, 6.45) is -7.83. The average Bonchev–Trinajstić information content (AvgIpc) is 2.82. The van der Waals surface area contributed by atoms with Gasteiger partial charge in [-0.05, 0) is 11.4 Å². The first-order chi connectivity index (χ1) is 19.2. The van der Waals surface area contributed by atoms with Crippen LogP contribution in [0.4, 0.5) is 69.1 Å². The summed E-state index contributed by atoms with van der Waals surface area (Å²) < 4.78 is 185. The molecule has 4 rings (SSSR count). The number of rotatable bonds is 2. The summed E-state index contributed by atoms with van der Waals surface area (Å²) in [6, 6.07) is 11.1. The second-order valence-corrected chi connectivity index (χ2v) is 9.82. The largest absolute Gasteiger partial charge is 3.00 e. The number of hydrogen-bond donors (Lipinski definition) is 0. The summed E-state index contributed by atoms with van der Waals surface area (Å²) in [5, 5.41) is 0. The molecular formula is C24H10F16IrN2P. The van der Waals surface area contributed by atoms with E-state index in [1.807, 2.05) is 0 Å². The molecule has 20 heteroatoms. The van der Waals surface area contributed by atoms with Gasteiger partial charge in [-0.3, -0.25) is 17.6 Å². The number of benzene rings is 2. The zero-order valence-corrected chi connectivity index (χ0v) is 23.8. The molecule has 0 amide bonds. The average molecular weight is 854 g/mol. The quantitative estimate of drug-likeness (QED) is 0.114. The number of alkyl halides is 6. The number of pyridine rings is 2. The zero-order valence-electron chi connectivity index (χ0n) is 20.5. The van der Waals surface area contributed by atoms with Crippen molar-refractivity contribution >= 4 is 7.81 Å². The van der Waals surface area contributed by atoms with E-state index in [-0.39, 0.29) is 42.6 Å². The molecular weight excluding hydrogens is 843 g/mol. The van der Waals surface area contributed by atoms with E-state index >= 15 is 0 Å². The molecule has 0 atom stereocenters. The molecule has 0 N–H and O–H groups in total. The fourth-order valence-corrected chi connectivity index (χ4v) is 2.70. The van der Waals surface area contributed by atoms with Gasteiger partial charge in [0.25, 0.3) is 0 Å². The van der Waals surface area contributed by atoms with Gasteiger partial charge in [0.1, 0.15) is 0 Å². The van der Waals surface area contributed by atoms with Crippen LogP contribution in [0.25, 0.3) is 22.5 Å². The Hall–Kier alpha value is -3.30. The summed E-state index contributed by atoms with van der Waals surface area (Å²) in [4.78, 5) is 6.98. The van der Waals surface area contributed by atoms with Crippen LogP contribution in [0.3, 0.4) is 0 Å². The molecule has 44 heavy (non-hydrogen) atoms. The predicted molar refractivity (Wildman–Crippen MR) is 120 cm³/mol. The second-order valence-electron chi connectivity index (χ2n) is 7.90. The molecule has 0 saturated carbocycles. The van der Waals surface area contributed by atoms with Gasteiger partial charge in [-0.25, -0.2) is 0 Å². The summed E-state index contributed by atoms with van der Waals surface area (Å²) in [6.45, 7) is 0. The van der Waals surface area contributed by atoms with E-state index < -0.39 is 54.6 Å². The Balaban J connectivity index is 0.000000357. The standard InChI is InChI=1S/2C12H5F5N.F6P.Ir/c2*13-8-2-3-9(10(14)5-8)11-4-1-7(6-18-11)12(15,16)17;1-7(2,3,4,5)6;/h2*1-2,4-6H;;/q3*-1;+3. The Morgan fingerprint density at radius 2 is 0.841 bits per heavy atom. The molecule has 2 aromatic carbocycles. The van der Waals surface area contributed by atoms with Gasteiger partial charge in [0.2, 0.25) is 0 Å². The minimum Gasteiger partial charge on any atom is -0.304 e. The van der Waals surface area contributed by atoms with Crippen molar-refractivity contribution in [1.29, 1.82) is 0 Å². The van der Waals surface area contributed by atoms with Crippen LogP contribution in [-0.2, 0) is 32.5 Å². The van der Waals surface area contributed by atoms with Gasteiger partial charge >= 0.3 is 65.4 Å². The maximum atomic E-state index is 13.3. The molecule has 0 aliphatic carbocycles. The molecule has 0 radical (unpaired) electrons. The van der Waals surface area contributed by atoms with Crippen LogP contribution in [0.2, 0.25) is 0 Å². The minimum atomic E-state index is -10.7. The van der Waals surface area contributed by atoms with Gasteiger partial charge in [-0.2, -0.15) is 26.3 Å². The van der Waals surface area contributed by atoms with Crippen LogP contribution >= 0.6 is 7.81 Å². The van der Waals surface area contributed by atoms with Gasteiger partial charge in [0, 0.05) is 35.7 Å². The third-order valence-corrected chi connectivity index (χ3v) is 4.41. The van der Waals surface area contributed by atoms with E-state index in [9.17, 15) is 69.1 Å². The molecule has 0 aliphatic rings. The Labute approximate surface area is 249 Å². The number of nitrogens with zero attached hydrogens (tertiary/aromatic N) is 2. The van der Waals surface area contributed by atoms with Crippen LogP contribution < -0.4 is 0 Å². The van der Waals surface area contributed by atoms with Crippen molar-refractivity contribution in [3.8, 4) is 22.5 Å². The molecule has 0 saturated heterocycles. The third kappa shape index (κ3) is 14.0. The van der Waals surface area contributed by atoms with Gasteiger partial charge < -0.3 is 9.97 Å². The molecule has 0 aliphatic heterocycles. The van der Waals surface area contributed by atoms with Crippen molar-refractivity contribution in [2.45, 2.75) is 12.4 Å². The van der Waals surface area contributed by atoms with Gasteiger partial charge in [-0.15, -0.1) is 24.3 Å². The third-order valence-electron chi connectivity index (χ3n) is 4.41. The molecule has 2 heterocycles. The molecule has 2 nitrogen and oxygen atoms in total. The molecule has 0 bridgehead atoms. The Kier molecular flexibility index (Phi) is 11.4. The fourth-order valence-electron chi connectivity index (χ4n) is 2.70. The summed E-state index contributed by atoms with van der Waals surface area (Å²) in [5.41, 5.74) is -2.31. The van der Waals surface area contributed by atoms with Crippen LogP contribution in [0.15, 0.2) is 60.9 Å². The Morgan fingerprint density at radius 3 is 1.05 bits per heavy atom. The van der Waals surface area contributed by atoms with Crippen molar-refractivity contribution in [1.82, 2.24) is 9.97 Å². The number of halogens is 16. The SMILES string of the molecule is F[P-](F)(F)(F)(F)F.Fc1c[c-]c(-c2ccc(C(F)(F)F)cn2)c(F)c1.Fc1c[c-]c(-c2ccc(C(F)(F)F)cn2)c(F)c1.[Ir+3]. The fraction of sp³-hybridized carbons (Fsp3) is 0.0833. The topological polar surface area (TPSA) is 25.8 Å². The zero-order chi connectivity index (χ0) is 33.1. The van der Waals surface area contributed by atoms with E-state index in [1.54, 1.807) is 0 Å². The first kappa shape index (κ1) is 38.7. The van der Waals surface area contributed by atoms with Crippen LogP contribution in [0, 0.1) is 35.4 Å². The maximum absolute atomic E-state index is 13.3. The van der Waals surface area contributed by atoms with E-state index in [0.717, 1.165) is 36.4 Å². The summed E-state index contributed by atoms with van der Waals surface area (Å²) in [5.74, 6) is -3.49. The van der Waals surface area contributed by atoms with Crippen LogP contribution in [0.5, 0.6) is 0 Å². The number of hydrogen-bond acceptors (Lipinski definition) is 2. The van der Waals surface area contributed by atoms with E-state index in [4.69, 9.17) is 0 Å². The minimum absolute atomic E-state index is 0. The predicted octanol–water partition coefficient (Wildman–Crippen LogP) is 11.1. The van der Waals surface area contributed by atoms with Crippen molar-refractivity contribution < 1.29 is 89.2 Å². The van der Waals surface area contributed by atoms with Crippen LogP contribution in [-0.4, -0.2) is 9.97 Å². The summed E-state index contributed by atoms with van der Waals surface area (Å²) >= 11 is 0.